The summed E-state index contributed by atoms with van der Waals surface area (Å²) in [5.74, 6) is 3.72. The Morgan fingerprint density at radius 3 is 2.15 bits per heavy atom. The molecule has 2 rings (SSSR count). The van der Waals surface area contributed by atoms with E-state index in [2.05, 4.69) is 12.2 Å². The van der Waals surface area contributed by atoms with Gasteiger partial charge in [-0.2, -0.15) is 11.8 Å². The summed E-state index contributed by atoms with van der Waals surface area (Å²) >= 11 is 1.86. The number of ether oxygens (including phenoxy) is 3. The van der Waals surface area contributed by atoms with Crippen LogP contribution in [0.1, 0.15) is 28.4 Å². The van der Waals surface area contributed by atoms with Gasteiger partial charge < -0.3 is 19.5 Å². The third-order valence-electron chi connectivity index (χ3n) is 3.91. The Labute approximate surface area is 159 Å². The Morgan fingerprint density at radius 1 is 0.962 bits per heavy atom. The fourth-order valence-corrected chi connectivity index (χ4v) is 3.11. The SMILES string of the molecule is CCSCc1ccc(C(=O)NCc2cc(OC)c(OC)cc2OC)cc1. The Morgan fingerprint density at radius 2 is 1.58 bits per heavy atom. The topological polar surface area (TPSA) is 56.8 Å². The zero-order valence-corrected chi connectivity index (χ0v) is 16.4. The molecule has 1 N–H and O–H groups in total. The summed E-state index contributed by atoms with van der Waals surface area (Å²) < 4.78 is 16.0. The van der Waals surface area contributed by atoms with Crippen LogP contribution in [0.5, 0.6) is 17.2 Å². The molecular formula is C20H25NO4S. The molecule has 0 atom stereocenters. The molecule has 0 spiro atoms. The molecule has 140 valence electrons. The second-order valence-electron chi connectivity index (χ2n) is 5.54. The van der Waals surface area contributed by atoms with Crippen LogP contribution in [0.15, 0.2) is 36.4 Å². The summed E-state index contributed by atoms with van der Waals surface area (Å²) in [4.78, 5) is 12.4. The number of carbonyl (C=O) groups excluding carboxylic acids is 1. The fraction of sp³-hybridized carbons (Fsp3) is 0.350. The van der Waals surface area contributed by atoms with Crippen LogP contribution in [0.4, 0.5) is 0 Å². The predicted molar refractivity (Wildman–Crippen MR) is 106 cm³/mol. The highest BCUT2D eigenvalue weighted by Gasteiger charge is 2.13. The van der Waals surface area contributed by atoms with E-state index in [1.165, 1.54) is 5.56 Å². The molecule has 5 nitrogen and oxygen atoms in total. The van der Waals surface area contributed by atoms with Crippen LogP contribution in [0.3, 0.4) is 0 Å². The maximum absolute atomic E-state index is 12.4. The first-order chi connectivity index (χ1) is 12.6. The second-order valence-corrected chi connectivity index (χ2v) is 6.81. The lowest BCUT2D eigenvalue weighted by atomic mass is 10.1. The number of carbonyl (C=O) groups is 1. The Bertz CT molecular complexity index is 731. The van der Waals surface area contributed by atoms with Crippen molar-refractivity contribution in [3.63, 3.8) is 0 Å². The van der Waals surface area contributed by atoms with E-state index in [9.17, 15) is 4.79 Å². The first-order valence-electron chi connectivity index (χ1n) is 8.36. The van der Waals surface area contributed by atoms with Gasteiger partial charge >= 0.3 is 0 Å². The summed E-state index contributed by atoms with van der Waals surface area (Å²) in [5, 5.41) is 2.92. The second kappa shape index (κ2) is 9.97. The van der Waals surface area contributed by atoms with E-state index < -0.39 is 0 Å². The van der Waals surface area contributed by atoms with Crippen molar-refractivity contribution in [2.75, 3.05) is 27.1 Å². The van der Waals surface area contributed by atoms with Gasteiger partial charge in [-0.05, 0) is 29.5 Å². The first-order valence-corrected chi connectivity index (χ1v) is 9.52. The molecule has 0 aliphatic rings. The average Bonchev–Trinajstić information content (AvgIpc) is 2.69. The molecule has 2 aromatic carbocycles. The maximum atomic E-state index is 12.4. The lowest BCUT2D eigenvalue weighted by Crippen LogP contribution is -2.23. The van der Waals surface area contributed by atoms with Gasteiger partial charge in [-0.15, -0.1) is 0 Å². The molecule has 2 aromatic rings. The maximum Gasteiger partial charge on any atom is 0.251 e. The summed E-state index contributed by atoms with van der Waals surface area (Å²) in [6.07, 6.45) is 0. The number of amides is 1. The van der Waals surface area contributed by atoms with Gasteiger partial charge in [0.25, 0.3) is 5.91 Å². The van der Waals surface area contributed by atoms with Crippen molar-refractivity contribution in [3.8, 4) is 17.2 Å². The van der Waals surface area contributed by atoms with Gasteiger partial charge in [0.15, 0.2) is 11.5 Å². The molecule has 0 aliphatic carbocycles. The van der Waals surface area contributed by atoms with Gasteiger partial charge in [0.1, 0.15) is 5.75 Å². The number of nitrogens with one attached hydrogen (secondary N) is 1. The first kappa shape index (κ1) is 20.0. The standard InChI is InChI=1S/C20H25NO4S/c1-5-26-13-14-6-8-15(9-7-14)20(22)21-12-16-10-18(24-3)19(25-4)11-17(16)23-2/h6-11H,5,12-13H2,1-4H3,(H,21,22). The van der Waals surface area contributed by atoms with Crippen LogP contribution < -0.4 is 19.5 Å². The van der Waals surface area contributed by atoms with Crippen molar-refractivity contribution in [1.29, 1.82) is 0 Å². The van der Waals surface area contributed by atoms with Crippen LogP contribution in [-0.2, 0) is 12.3 Å². The zero-order chi connectivity index (χ0) is 18.9. The van der Waals surface area contributed by atoms with E-state index in [-0.39, 0.29) is 5.91 Å². The number of thioether (sulfide) groups is 1. The number of methoxy groups -OCH3 is 3. The van der Waals surface area contributed by atoms with Gasteiger partial charge in [0, 0.05) is 29.5 Å². The third-order valence-corrected chi connectivity index (χ3v) is 4.86. The van der Waals surface area contributed by atoms with Crippen molar-refractivity contribution < 1.29 is 19.0 Å². The summed E-state index contributed by atoms with van der Waals surface area (Å²) in [6, 6.07) is 11.3. The smallest absolute Gasteiger partial charge is 0.251 e. The van der Waals surface area contributed by atoms with Crippen LogP contribution in [0.2, 0.25) is 0 Å². The number of hydrogen-bond acceptors (Lipinski definition) is 5. The highest BCUT2D eigenvalue weighted by molar-refractivity contribution is 7.98. The van der Waals surface area contributed by atoms with Crippen LogP contribution in [0.25, 0.3) is 0 Å². The van der Waals surface area contributed by atoms with Gasteiger partial charge in [-0.3, -0.25) is 4.79 Å². The summed E-state index contributed by atoms with van der Waals surface area (Å²) in [7, 11) is 4.73. The van der Waals surface area contributed by atoms with Gasteiger partial charge in [0.2, 0.25) is 0 Å². The van der Waals surface area contributed by atoms with E-state index in [1.807, 2.05) is 42.1 Å². The summed E-state index contributed by atoms with van der Waals surface area (Å²) in [5.41, 5.74) is 2.67. The molecule has 0 fully saturated rings. The average molecular weight is 375 g/mol. The highest BCUT2D eigenvalue weighted by Crippen LogP contribution is 2.34. The van der Waals surface area contributed by atoms with Crippen LogP contribution in [0, 0.1) is 0 Å². The minimum Gasteiger partial charge on any atom is -0.496 e. The molecule has 0 aliphatic heterocycles. The zero-order valence-electron chi connectivity index (χ0n) is 15.6. The Kier molecular flexibility index (Phi) is 7.66. The molecule has 6 heteroatoms. The molecule has 0 bridgehead atoms. The van der Waals surface area contributed by atoms with Crippen molar-refractivity contribution in [2.24, 2.45) is 0 Å². The van der Waals surface area contributed by atoms with Crippen LogP contribution in [-0.4, -0.2) is 33.0 Å². The molecule has 0 heterocycles. The van der Waals surface area contributed by atoms with Gasteiger partial charge in [-0.1, -0.05) is 19.1 Å². The normalized spacial score (nSPS) is 10.3. The number of benzene rings is 2. The highest BCUT2D eigenvalue weighted by atomic mass is 32.2. The van der Waals surface area contributed by atoms with Crippen molar-refractivity contribution >= 4 is 17.7 Å². The van der Waals surface area contributed by atoms with E-state index >= 15 is 0 Å². The van der Waals surface area contributed by atoms with Gasteiger partial charge in [0.05, 0.1) is 21.3 Å². The molecule has 1 amide bonds. The monoisotopic (exact) mass is 375 g/mol. The molecule has 0 saturated carbocycles. The van der Waals surface area contributed by atoms with E-state index in [0.29, 0.717) is 29.4 Å². The van der Waals surface area contributed by atoms with Crippen LogP contribution >= 0.6 is 11.8 Å². The molecule has 0 aromatic heterocycles. The molecule has 0 unspecified atom stereocenters. The van der Waals surface area contributed by atoms with Crippen molar-refractivity contribution in [3.05, 3.63) is 53.1 Å². The van der Waals surface area contributed by atoms with E-state index in [4.69, 9.17) is 14.2 Å². The third kappa shape index (κ3) is 5.08. The van der Waals surface area contributed by atoms with Crippen molar-refractivity contribution in [1.82, 2.24) is 5.32 Å². The summed E-state index contributed by atoms with van der Waals surface area (Å²) in [6.45, 7) is 2.46. The lowest BCUT2D eigenvalue weighted by Gasteiger charge is -2.14. The minimum atomic E-state index is -0.128. The quantitative estimate of drug-likeness (QED) is 0.720. The van der Waals surface area contributed by atoms with E-state index in [0.717, 1.165) is 17.1 Å². The molecule has 0 radical (unpaired) electrons. The van der Waals surface area contributed by atoms with E-state index in [1.54, 1.807) is 27.4 Å². The lowest BCUT2D eigenvalue weighted by molar-refractivity contribution is 0.0950. The largest absolute Gasteiger partial charge is 0.496 e. The van der Waals surface area contributed by atoms with Gasteiger partial charge in [-0.25, -0.2) is 0 Å². The minimum absolute atomic E-state index is 0.128. The Balaban J connectivity index is 2.06. The Hall–Kier alpha value is -2.34. The molecule has 0 saturated heterocycles. The molecular weight excluding hydrogens is 350 g/mol. The van der Waals surface area contributed by atoms with Crippen molar-refractivity contribution in [2.45, 2.75) is 19.2 Å². The predicted octanol–water partition coefficient (Wildman–Crippen LogP) is 3.90. The fourth-order valence-electron chi connectivity index (χ4n) is 2.48. The molecule has 26 heavy (non-hydrogen) atoms. The number of hydrogen-bond donors (Lipinski definition) is 1. The number of rotatable bonds is 9.